The van der Waals surface area contributed by atoms with E-state index in [1.54, 1.807) is 0 Å². The van der Waals surface area contributed by atoms with Crippen LogP contribution in [-0.2, 0) is 4.74 Å². The Balaban J connectivity index is 1.45. The zero-order valence-corrected chi connectivity index (χ0v) is 15.7. The van der Waals surface area contributed by atoms with Gasteiger partial charge in [0, 0.05) is 52.2 Å². The number of rotatable bonds is 5. The first kappa shape index (κ1) is 18.2. The first-order chi connectivity index (χ1) is 12.3. The fourth-order valence-corrected chi connectivity index (χ4v) is 3.84. The molecule has 0 saturated carbocycles. The molecular weight excluding hydrogens is 312 g/mol. The van der Waals surface area contributed by atoms with Crippen LogP contribution in [0.25, 0.3) is 0 Å². The van der Waals surface area contributed by atoms with Gasteiger partial charge in [-0.15, -0.1) is 0 Å². The predicted molar refractivity (Wildman–Crippen MR) is 103 cm³/mol. The van der Waals surface area contributed by atoms with Gasteiger partial charge < -0.3 is 15.0 Å². The summed E-state index contributed by atoms with van der Waals surface area (Å²) in [5.74, 6) is 2.26. The van der Waals surface area contributed by atoms with Gasteiger partial charge >= 0.3 is 0 Å². The molecule has 2 aliphatic heterocycles. The van der Waals surface area contributed by atoms with E-state index in [1.165, 1.54) is 12.0 Å². The van der Waals surface area contributed by atoms with Gasteiger partial charge in [-0.25, -0.2) is 0 Å². The molecule has 0 spiro atoms. The molecule has 3 rings (SSSR count). The van der Waals surface area contributed by atoms with Crippen molar-refractivity contribution in [2.24, 2.45) is 10.9 Å². The van der Waals surface area contributed by atoms with Gasteiger partial charge in [-0.2, -0.15) is 0 Å². The van der Waals surface area contributed by atoms with Crippen LogP contribution in [0.5, 0.6) is 0 Å². The maximum Gasteiger partial charge on any atom is 0.193 e. The number of ether oxygens (including phenoxy) is 1. The van der Waals surface area contributed by atoms with Crippen LogP contribution in [-0.4, -0.2) is 75.3 Å². The molecule has 2 unspecified atom stereocenters. The lowest BCUT2D eigenvalue weighted by Gasteiger charge is -2.30. The Hall–Kier alpha value is -1.59. The Morgan fingerprint density at radius 1 is 1.24 bits per heavy atom. The van der Waals surface area contributed by atoms with Crippen molar-refractivity contribution >= 4 is 5.96 Å². The van der Waals surface area contributed by atoms with Crippen molar-refractivity contribution < 1.29 is 4.74 Å². The summed E-state index contributed by atoms with van der Waals surface area (Å²) in [6.45, 7) is 10.4. The maximum atomic E-state index is 5.43. The molecule has 2 saturated heterocycles. The third kappa shape index (κ3) is 5.19. The minimum absolute atomic E-state index is 0.599. The smallest absolute Gasteiger partial charge is 0.193 e. The maximum absolute atomic E-state index is 5.43. The highest BCUT2D eigenvalue weighted by Crippen LogP contribution is 2.26. The summed E-state index contributed by atoms with van der Waals surface area (Å²) < 4.78 is 5.43. The van der Waals surface area contributed by atoms with E-state index in [0.29, 0.717) is 11.8 Å². The second kappa shape index (κ2) is 9.20. The minimum atomic E-state index is 0.599. The first-order valence-corrected chi connectivity index (χ1v) is 9.57. The number of hydrogen-bond acceptors (Lipinski definition) is 3. The van der Waals surface area contributed by atoms with Crippen LogP contribution in [0.4, 0.5) is 0 Å². The molecule has 25 heavy (non-hydrogen) atoms. The van der Waals surface area contributed by atoms with E-state index in [-0.39, 0.29) is 0 Å². The number of nitrogens with one attached hydrogen (secondary N) is 1. The molecule has 2 atom stereocenters. The largest absolute Gasteiger partial charge is 0.379 e. The highest BCUT2D eigenvalue weighted by atomic mass is 16.5. The van der Waals surface area contributed by atoms with Gasteiger partial charge in [0.05, 0.1) is 13.2 Å². The van der Waals surface area contributed by atoms with Gasteiger partial charge in [0.1, 0.15) is 0 Å². The van der Waals surface area contributed by atoms with E-state index < -0.39 is 0 Å². The highest BCUT2D eigenvalue weighted by Gasteiger charge is 2.26. The second-order valence-electron chi connectivity index (χ2n) is 7.29. The molecule has 2 heterocycles. The van der Waals surface area contributed by atoms with Gasteiger partial charge in [0.25, 0.3) is 0 Å². The molecule has 0 aromatic heterocycles. The van der Waals surface area contributed by atoms with Crippen LogP contribution in [0.15, 0.2) is 35.3 Å². The number of nitrogens with zero attached hydrogens (tertiary/aromatic N) is 3. The Labute approximate surface area is 152 Å². The van der Waals surface area contributed by atoms with Crippen LogP contribution in [0, 0.1) is 5.92 Å². The molecule has 138 valence electrons. The molecule has 0 bridgehead atoms. The van der Waals surface area contributed by atoms with E-state index in [1.807, 2.05) is 7.05 Å². The zero-order valence-electron chi connectivity index (χ0n) is 15.7. The first-order valence-electron chi connectivity index (χ1n) is 9.57. The molecule has 0 aliphatic carbocycles. The van der Waals surface area contributed by atoms with Crippen LogP contribution < -0.4 is 5.32 Å². The molecule has 2 aliphatic rings. The predicted octanol–water partition coefficient (Wildman–Crippen LogP) is 2.02. The summed E-state index contributed by atoms with van der Waals surface area (Å²) in [5, 5.41) is 3.59. The number of hydrogen-bond donors (Lipinski definition) is 1. The summed E-state index contributed by atoms with van der Waals surface area (Å²) in [6, 6.07) is 10.9. The van der Waals surface area contributed by atoms with Crippen molar-refractivity contribution in [3.05, 3.63) is 35.9 Å². The third-order valence-electron chi connectivity index (χ3n) is 5.25. The molecule has 1 aromatic carbocycles. The van der Waals surface area contributed by atoms with Gasteiger partial charge in [0.15, 0.2) is 5.96 Å². The van der Waals surface area contributed by atoms with Crippen molar-refractivity contribution in [1.29, 1.82) is 0 Å². The lowest BCUT2D eigenvalue weighted by Crippen LogP contribution is -2.44. The van der Waals surface area contributed by atoms with E-state index in [0.717, 1.165) is 58.4 Å². The molecule has 1 N–H and O–H groups in total. The summed E-state index contributed by atoms with van der Waals surface area (Å²) >= 11 is 0. The Kier molecular flexibility index (Phi) is 6.70. The monoisotopic (exact) mass is 344 g/mol. The SMILES string of the molecule is CN=C(NCC(C)CN1CCOCC1)N1CCC(c2ccccc2)C1. The average molecular weight is 345 g/mol. The molecule has 1 aromatic rings. The zero-order chi connectivity index (χ0) is 17.5. The fraction of sp³-hybridized carbons (Fsp3) is 0.650. The standard InChI is InChI=1S/C20H32N4O/c1-17(15-23-10-12-25-13-11-23)14-22-20(21-2)24-9-8-19(16-24)18-6-4-3-5-7-18/h3-7,17,19H,8-16H2,1-2H3,(H,21,22). The molecule has 5 heteroatoms. The van der Waals surface area contributed by atoms with Crippen LogP contribution in [0.3, 0.4) is 0 Å². The summed E-state index contributed by atoms with van der Waals surface area (Å²) in [5.41, 5.74) is 1.45. The summed E-state index contributed by atoms with van der Waals surface area (Å²) in [6.07, 6.45) is 1.20. The quantitative estimate of drug-likeness (QED) is 0.655. The number of aliphatic imine (C=N–C) groups is 1. The fourth-order valence-electron chi connectivity index (χ4n) is 3.84. The van der Waals surface area contributed by atoms with Crippen molar-refractivity contribution in [2.45, 2.75) is 19.3 Å². The van der Waals surface area contributed by atoms with Crippen molar-refractivity contribution in [3.8, 4) is 0 Å². The second-order valence-corrected chi connectivity index (χ2v) is 7.29. The van der Waals surface area contributed by atoms with Crippen LogP contribution in [0.2, 0.25) is 0 Å². The Bertz CT molecular complexity index is 542. The lowest BCUT2D eigenvalue weighted by atomic mass is 9.99. The van der Waals surface area contributed by atoms with E-state index in [4.69, 9.17) is 4.74 Å². The Morgan fingerprint density at radius 2 is 2.00 bits per heavy atom. The lowest BCUT2D eigenvalue weighted by molar-refractivity contribution is 0.0320. The molecular formula is C20H32N4O. The molecule has 2 fully saturated rings. The van der Waals surface area contributed by atoms with Gasteiger partial charge in [-0.05, 0) is 17.9 Å². The Morgan fingerprint density at radius 3 is 2.72 bits per heavy atom. The van der Waals surface area contributed by atoms with E-state index in [9.17, 15) is 0 Å². The highest BCUT2D eigenvalue weighted by molar-refractivity contribution is 5.80. The third-order valence-corrected chi connectivity index (χ3v) is 5.25. The van der Waals surface area contributed by atoms with Gasteiger partial charge in [-0.1, -0.05) is 37.3 Å². The summed E-state index contributed by atoms with van der Waals surface area (Å²) in [7, 11) is 1.89. The van der Waals surface area contributed by atoms with Crippen molar-refractivity contribution in [1.82, 2.24) is 15.1 Å². The van der Waals surface area contributed by atoms with E-state index >= 15 is 0 Å². The van der Waals surface area contributed by atoms with Crippen molar-refractivity contribution in [3.63, 3.8) is 0 Å². The number of likely N-dealkylation sites (tertiary alicyclic amines) is 1. The average Bonchev–Trinajstić information content (AvgIpc) is 3.14. The topological polar surface area (TPSA) is 40.1 Å². The summed E-state index contributed by atoms with van der Waals surface area (Å²) in [4.78, 5) is 9.42. The number of morpholine rings is 1. The van der Waals surface area contributed by atoms with E-state index in [2.05, 4.69) is 57.4 Å². The number of guanidine groups is 1. The van der Waals surface area contributed by atoms with Crippen LogP contribution >= 0.6 is 0 Å². The molecule has 5 nitrogen and oxygen atoms in total. The molecule has 0 radical (unpaired) electrons. The minimum Gasteiger partial charge on any atom is -0.379 e. The van der Waals surface area contributed by atoms with Gasteiger partial charge in [-0.3, -0.25) is 9.89 Å². The normalized spacial score (nSPS) is 23.7. The van der Waals surface area contributed by atoms with Crippen LogP contribution in [0.1, 0.15) is 24.8 Å². The molecule has 0 amide bonds. The van der Waals surface area contributed by atoms with Crippen molar-refractivity contribution in [2.75, 3.05) is 59.5 Å². The number of benzene rings is 1. The van der Waals surface area contributed by atoms with Gasteiger partial charge in [0.2, 0.25) is 0 Å².